The maximum Gasteiger partial charge on any atom is 0.522 e. The number of aryl methyl sites for hydroxylation is 1. The summed E-state index contributed by atoms with van der Waals surface area (Å²) in [5.74, 6) is 1.07. The van der Waals surface area contributed by atoms with Gasteiger partial charge in [0.2, 0.25) is 0 Å². The van der Waals surface area contributed by atoms with E-state index in [0.717, 1.165) is 5.56 Å². The first-order valence-corrected chi connectivity index (χ1v) is 5.40. The molecule has 102 valence electrons. The Balaban J connectivity index is 2.37. The van der Waals surface area contributed by atoms with Gasteiger partial charge in [0.1, 0.15) is 0 Å². The minimum atomic E-state index is -4.58. The van der Waals surface area contributed by atoms with E-state index in [1.54, 1.807) is 12.1 Å². The summed E-state index contributed by atoms with van der Waals surface area (Å²) in [5, 5.41) is 0. The standard InChI is InChI=1S/C12H15F3O3/c1-9-4-5-10(16-2)11(8-9)17-6-3-7-18-12(13,14)15/h4-5,8H,3,6-7H2,1-2H3. The lowest BCUT2D eigenvalue weighted by molar-refractivity contribution is -0.324. The third-order valence-electron chi connectivity index (χ3n) is 2.13. The minimum absolute atomic E-state index is 0.135. The zero-order valence-corrected chi connectivity index (χ0v) is 10.2. The Labute approximate surface area is 103 Å². The van der Waals surface area contributed by atoms with Crippen LogP contribution in [0.25, 0.3) is 0 Å². The summed E-state index contributed by atoms with van der Waals surface area (Å²) < 4.78 is 49.1. The van der Waals surface area contributed by atoms with Gasteiger partial charge in [-0.3, -0.25) is 4.74 Å². The molecule has 0 atom stereocenters. The molecule has 0 aliphatic heterocycles. The van der Waals surface area contributed by atoms with E-state index < -0.39 is 13.0 Å². The number of hydrogen-bond donors (Lipinski definition) is 0. The van der Waals surface area contributed by atoms with Crippen molar-refractivity contribution in [3.8, 4) is 11.5 Å². The van der Waals surface area contributed by atoms with Crippen LogP contribution in [0.15, 0.2) is 18.2 Å². The predicted molar refractivity (Wildman–Crippen MR) is 59.9 cm³/mol. The lowest BCUT2D eigenvalue weighted by atomic mass is 10.2. The van der Waals surface area contributed by atoms with Gasteiger partial charge in [-0.1, -0.05) is 6.07 Å². The van der Waals surface area contributed by atoms with Crippen molar-refractivity contribution in [3.63, 3.8) is 0 Å². The van der Waals surface area contributed by atoms with Crippen molar-refractivity contribution in [2.75, 3.05) is 20.3 Å². The highest BCUT2D eigenvalue weighted by Gasteiger charge is 2.28. The largest absolute Gasteiger partial charge is 0.522 e. The minimum Gasteiger partial charge on any atom is -0.493 e. The molecule has 0 aromatic heterocycles. The van der Waals surface area contributed by atoms with Crippen molar-refractivity contribution in [3.05, 3.63) is 23.8 Å². The van der Waals surface area contributed by atoms with Crippen molar-refractivity contribution in [2.45, 2.75) is 19.7 Å². The van der Waals surface area contributed by atoms with Crippen LogP contribution in [-0.4, -0.2) is 26.7 Å². The lowest BCUT2D eigenvalue weighted by Gasteiger charge is -2.12. The van der Waals surface area contributed by atoms with Crippen molar-refractivity contribution >= 4 is 0 Å². The van der Waals surface area contributed by atoms with Crippen LogP contribution in [0.2, 0.25) is 0 Å². The molecule has 0 spiro atoms. The molecule has 3 nitrogen and oxygen atoms in total. The first-order valence-electron chi connectivity index (χ1n) is 5.40. The maximum atomic E-state index is 11.7. The van der Waals surface area contributed by atoms with E-state index in [9.17, 15) is 13.2 Å². The Morgan fingerprint density at radius 1 is 1.11 bits per heavy atom. The second-order valence-corrected chi connectivity index (χ2v) is 3.65. The van der Waals surface area contributed by atoms with Gasteiger partial charge in [0.25, 0.3) is 0 Å². The summed E-state index contributed by atoms with van der Waals surface area (Å²) in [6.45, 7) is 1.60. The second-order valence-electron chi connectivity index (χ2n) is 3.65. The van der Waals surface area contributed by atoms with Crippen molar-refractivity contribution in [1.82, 2.24) is 0 Å². The summed E-state index contributed by atoms with van der Waals surface area (Å²) in [7, 11) is 1.50. The summed E-state index contributed by atoms with van der Waals surface area (Å²) in [4.78, 5) is 0. The molecule has 0 amide bonds. The van der Waals surface area contributed by atoms with Gasteiger partial charge in [0.15, 0.2) is 11.5 Å². The van der Waals surface area contributed by atoms with Crippen LogP contribution >= 0.6 is 0 Å². The average Bonchev–Trinajstić information content (AvgIpc) is 2.27. The van der Waals surface area contributed by atoms with Gasteiger partial charge in [0, 0.05) is 6.42 Å². The molecular formula is C12H15F3O3. The number of alkyl halides is 3. The van der Waals surface area contributed by atoms with Crippen LogP contribution in [0, 0.1) is 6.92 Å². The van der Waals surface area contributed by atoms with Gasteiger partial charge in [-0.2, -0.15) is 0 Å². The van der Waals surface area contributed by atoms with E-state index in [2.05, 4.69) is 4.74 Å². The average molecular weight is 264 g/mol. The smallest absolute Gasteiger partial charge is 0.493 e. The Bertz CT molecular complexity index is 377. The van der Waals surface area contributed by atoms with Crippen LogP contribution < -0.4 is 9.47 Å². The normalized spacial score (nSPS) is 11.4. The zero-order chi connectivity index (χ0) is 13.6. The van der Waals surface area contributed by atoms with E-state index in [-0.39, 0.29) is 13.0 Å². The highest BCUT2D eigenvalue weighted by Crippen LogP contribution is 2.27. The summed E-state index contributed by atoms with van der Waals surface area (Å²) in [6.07, 6.45) is -4.43. The zero-order valence-electron chi connectivity index (χ0n) is 10.2. The van der Waals surface area contributed by atoms with Gasteiger partial charge in [-0.25, -0.2) is 0 Å². The second kappa shape index (κ2) is 6.49. The van der Waals surface area contributed by atoms with E-state index >= 15 is 0 Å². The van der Waals surface area contributed by atoms with Crippen molar-refractivity contribution < 1.29 is 27.4 Å². The fraction of sp³-hybridized carbons (Fsp3) is 0.500. The fourth-order valence-corrected chi connectivity index (χ4v) is 1.33. The molecule has 0 fully saturated rings. The molecule has 0 aliphatic rings. The van der Waals surface area contributed by atoms with Crippen LogP contribution in [0.5, 0.6) is 11.5 Å². The first-order chi connectivity index (χ1) is 8.42. The molecule has 0 aliphatic carbocycles. The van der Waals surface area contributed by atoms with Crippen LogP contribution in [-0.2, 0) is 4.74 Å². The third-order valence-corrected chi connectivity index (χ3v) is 2.13. The predicted octanol–water partition coefficient (Wildman–Crippen LogP) is 3.31. The highest BCUT2D eigenvalue weighted by atomic mass is 19.4. The molecule has 1 aromatic rings. The molecule has 1 rings (SSSR count). The van der Waals surface area contributed by atoms with E-state index in [4.69, 9.17) is 9.47 Å². The first kappa shape index (κ1) is 14.6. The molecule has 6 heteroatoms. The topological polar surface area (TPSA) is 27.7 Å². The number of methoxy groups -OCH3 is 1. The van der Waals surface area contributed by atoms with Gasteiger partial charge in [-0.05, 0) is 24.6 Å². The number of benzene rings is 1. The highest BCUT2D eigenvalue weighted by molar-refractivity contribution is 5.42. The molecule has 0 heterocycles. The van der Waals surface area contributed by atoms with E-state index in [1.807, 2.05) is 13.0 Å². The number of halogens is 3. The summed E-state index contributed by atoms with van der Waals surface area (Å²) in [5.41, 5.74) is 0.984. The third kappa shape index (κ3) is 5.27. The molecule has 0 radical (unpaired) electrons. The monoisotopic (exact) mass is 264 g/mol. The molecule has 0 bridgehead atoms. The molecular weight excluding hydrogens is 249 g/mol. The molecule has 0 unspecified atom stereocenters. The maximum absolute atomic E-state index is 11.7. The summed E-state index contributed by atoms with van der Waals surface area (Å²) >= 11 is 0. The number of hydrogen-bond acceptors (Lipinski definition) is 3. The molecule has 18 heavy (non-hydrogen) atoms. The summed E-state index contributed by atoms with van der Waals surface area (Å²) in [6, 6.07) is 5.37. The van der Waals surface area contributed by atoms with Gasteiger partial charge in [0.05, 0.1) is 20.3 Å². The van der Waals surface area contributed by atoms with Gasteiger partial charge in [-0.15, -0.1) is 13.2 Å². The molecule has 0 saturated carbocycles. The SMILES string of the molecule is COc1ccc(C)cc1OCCCOC(F)(F)F. The Morgan fingerprint density at radius 3 is 2.44 bits per heavy atom. The van der Waals surface area contributed by atoms with Crippen LogP contribution in [0.4, 0.5) is 13.2 Å². The Morgan fingerprint density at radius 2 is 1.83 bits per heavy atom. The number of ether oxygens (including phenoxy) is 3. The fourth-order valence-electron chi connectivity index (χ4n) is 1.33. The molecule has 1 aromatic carbocycles. The van der Waals surface area contributed by atoms with Crippen molar-refractivity contribution in [1.29, 1.82) is 0 Å². The van der Waals surface area contributed by atoms with Crippen molar-refractivity contribution in [2.24, 2.45) is 0 Å². The van der Waals surface area contributed by atoms with Crippen LogP contribution in [0.1, 0.15) is 12.0 Å². The van der Waals surface area contributed by atoms with E-state index in [1.165, 1.54) is 7.11 Å². The van der Waals surface area contributed by atoms with Gasteiger partial charge < -0.3 is 9.47 Å². The molecule has 0 N–H and O–H groups in total. The quantitative estimate of drug-likeness (QED) is 0.738. The lowest BCUT2D eigenvalue weighted by Crippen LogP contribution is -2.15. The van der Waals surface area contributed by atoms with Gasteiger partial charge >= 0.3 is 6.36 Å². The Kier molecular flexibility index (Phi) is 5.27. The number of rotatable bonds is 6. The van der Waals surface area contributed by atoms with E-state index in [0.29, 0.717) is 11.5 Å². The Hall–Kier alpha value is -1.43. The molecule has 0 saturated heterocycles. The van der Waals surface area contributed by atoms with Crippen LogP contribution in [0.3, 0.4) is 0 Å².